The average Bonchev–Trinajstić information content (AvgIpc) is 2.67. The van der Waals surface area contributed by atoms with Crippen molar-refractivity contribution in [2.75, 3.05) is 4.72 Å². The number of nitrogens with zero attached hydrogens (tertiary/aromatic N) is 1. The van der Waals surface area contributed by atoms with Crippen molar-refractivity contribution in [1.82, 2.24) is 4.98 Å². The lowest BCUT2D eigenvalue weighted by molar-refractivity contribution is 0.601. The van der Waals surface area contributed by atoms with E-state index >= 15 is 0 Å². The molecule has 0 bridgehead atoms. The summed E-state index contributed by atoms with van der Waals surface area (Å²) in [7, 11) is -3.68. The molecule has 2 rings (SSSR count). The Balaban J connectivity index is 2.23. The lowest BCUT2D eigenvalue weighted by Crippen LogP contribution is -2.12. The molecule has 120 valence electrons. The molecule has 4 nitrogen and oxygen atoms in total. The first-order chi connectivity index (χ1) is 10.1. The zero-order valence-corrected chi connectivity index (χ0v) is 15.6. The Morgan fingerprint density at radius 2 is 1.77 bits per heavy atom. The van der Waals surface area contributed by atoms with Crippen LogP contribution in [-0.2, 0) is 16.4 Å². The van der Waals surface area contributed by atoms with Crippen LogP contribution >= 0.6 is 46.1 Å². The summed E-state index contributed by atoms with van der Waals surface area (Å²) in [5, 5.41) is 0.252. The summed E-state index contributed by atoms with van der Waals surface area (Å²) >= 11 is 18.4. The summed E-state index contributed by atoms with van der Waals surface area (Å²) < 4.78 is 25.6. The number of halogens is 3. The summed E-state index contributed by atoms with van der Waals surface area (Å²) in [6.45, 7) is 3.63. The maximum absolute atomic E-state index is 12.3. The Morgan fingerprint density at radius 1 is 1.18 bits per heavy atom. The van der Waals surface area contributed by atoms with E-state index < -0.39 is 13.8 Å². The topological polar surface area (TPSA) is 59.1 Å². The smallest absolute Gasteiger partial charge is 0.255 e. The average molecular weight is 400 g/mol. The van der Waals surface area contributed by atoms with Crippen LogP contribution in [0, 0.1) is 13.8 Å². The molecule has 0 atom stereocenters. The molecular formula is C13H13Cl3N2O2S2. The lowest BCUT2D eigenvalue weighted by atomic mass is 10.2. The fourth-order valence-electron chi connectivity index (χ4n) is 1.71. The van der Waals surface area contributed by atoms with Gasteiger partial charge in [-0.3, -0.25) is 4.72 Å². The molecule has 1 N–H and O–H groups in total. The number of aryl methyl sites for hydroxylation is 2. The van der Waals surface area contributed by atoms with Crippen LogP contribution in [0.1, 0.15) is 16.1 Å². The van der Waals surface area contributed by atoms with Gasteiger partial charge in [-0.25, -0.2) is 13.4 Å². The van der Waals surface area contributed by atoms with E-state index in [1.54, 1.807) is 31.2 Å². The second-order valence-corrected chi connectivity index (χ2v) is 10.0. The lowest BCUT2D eigenvalue weighted by Gasteiger charge is -2.08. The van der Waals surface area contributed by atoms with Crippen LogP contribution in [0.4, 0.5) is 5.13 Å². The van der Waals surface area contributed by atoms with Crippen LogP contribution in [0.2, 0.25) is 0 Å². The molecular weight excluding hydrogens is 387 g/mol. The minimum atomic E-state index is -3.68. The summed E-state index contributed by atoms with van der Waals surface area (Å²) in [6.07, 6.45) is 0.174. The van der Waals surface area contributed by atoms with Gasteiger partial charge in [-0.2, -0.15) is 0 Å². The maximum atomic E-state index is 12.3. The molecule has 1 aromatic heterocycles. The monoisotopic (exact) mass is 398 g/mol. The van der Waals surface area contributed by atoms with Gasteiger partial charge in [0, 0.05) is 11.3 Å². The third-order valence-corrected chi connectivity index (χ3v) is 5.76. The van der Waals surface area contributed by atoms with E-state index in [0.29, 0.717) is 5.69 Å². The van der Waals surface area contributed by atoms with Gasteiger partial charge < -0.3 is 0 Å². The van der Waals surface area contributed by atoms with Crippen LogP contribution in [0.3, 0.4) is 0 Å². The first-order valence-electron chi connectivity index (χ1n) is 6.19. The highest BCUT2D eigenvalue weighted by Crippen LogP contribution is 2.35. The van der Waals surface area contributed by atoms with E-state index in [9.17, 15) is 8.42 Å². The van der Waals surface area contributed by atoms with E-state index in [1.165, 1.54) is 0 Å². The van der Waals surface area contributed by atoms with Gasteiger partial charge in [-0.15, -0.1) is 11.3 Å². The Labute approximate surface area is 148 Å². The van der Waals surface area contributed by atoms with Crippen LogP contribution in [0.15, 0.2) is 29.2 Å². The third kappa shape index (κ3) is 4.73. The van der Waals surface area contributed by atoms with E-state index in [4.69, 9.17) is 34.8 Å². The zero-order chi connectivity index (χ0) is 16.5. The molecule has 0 aliphatic carbocycles. The quantitative estimate of drug-likeness (QED) is 0.771. The van der Waals surface area contributed by atoms with Crippen LogP contribution < -0.4 is 4.72 Å². The van der Waals surface area contributed by atoms with E-state index in [1.807, 2.05) is 6.92 Å². The molecule has 2 aromatic rings. The molecule has 0 unspecified atom stereocenters. The summed E-state index contributed by atoms with van der Waals surface area (Å²) in [5.41, 5.74) is 1.62. The van der Waals surface area contributed by atoms with Crippen molar-refractivity contribution in [3.63, 3.8) is 0 Å². The number of nitrogens with one attached hydrogen (secondary N) is 1. The molecule has 0 saturated carbocycles. The molecule has 0 saturated heterocycles. The number of thiazole rings is 1. The molecule has 0 amide bonds. The number of rotatable bonds is 4. The largest absolute Gasteiger partial charge is 0.263 e. The molecule has 0 radical (unpaired) electrons. The molecule has 1 aromatic carbocycles. The van der Waals surface area contributed by atoms with Crippen molar-refractivity contribution in [1.29, 1.82) is 0 Å². The molecule has 9 heteroatoms. The Morgan fingerprint density at radius 3 is 2.32 bits per heavy atom. The second-order valence-electron chi connectivity index (χ2n) is 4.74. The van der Waals surface area contributed by atoms with E-state index in [0.717, 1.165) is 21.8 Å². The minimum Gasteiger partial charge on any atom is -0.255 e. The number of anilines is 1. The number of hydrogen-bond donors (Lipinski definition) is 1. The van der Waals surface area contributed by atoms with Gasteiger partial charge in [-0.05, 0) is 26.0 Å². The maximum Gasteiger partial charge on any atom is 0.263 e. The normalized spacial score (nSPS) is 12.4. The Hall–Kier alpha value is -0.530. The minimum absolute atomic E-state index is 0.174. The first kappa shape index (κ1) is 17.8. The third-order valence-electron chi connectivity index (χ3n) is 2.81. The molecule has 0 aliphatic heterocycles. The predicted molar refractivity (Wildman–Crippen MR) is 92.8 cm³/mol. The van der Waals surface area contributed by atoms with Crippen LogP contribution in [-0.4, -0.2) is 17.2 Å². The highest BCUT2D eigenvalue weighted by Gasteiger charge is 2.24. The molecule has 0 aliphatic rings. The van der Waals surface area contributed by atoms with Crippen LogP contribution in [0.25, 0.3) is 0 Å². The molecule has 0 fully saturated rings. The first-order valence-corrected chi connectivity index (χ1v) is 9.63. The standard InChI is InChI=1S/C13H13Cl3N2O2S2/c1-8-3-5-10(6-4-8)22(19,20)18-12-17-9(2)11(21-12)7-13(14,15)16/h3-6H,7H2,1-2H3,(H,17,18). The summed E-state index contributed by atoms with van der Waals surface area (Å²) in [4.78, 5) is 5.07. The van der Waals surface area contributed by atoms with Crippen molar-refractivity contribution >= 4 is 61.3 Å². The van der Waals surface area contributed by atoms with E-state index in [2.05, 4.69) is 9.71 Å². The van der Waals surface area contributed by atoms with Crippen molar-refractivity contribution in [2.24, 2.45) is 0 Å². The number of hydrogen-bond acceptors (Lipinski definition) is 4. The Kier molecular flexibility index (Phi) is 5.29. The van der Waals surface area contributed by atoms with Crippen molar-refractivity contribution < 1.29 is 8.42 Å². The molecule has 22 heavy (non-hydrogen) atoms. The van der Waals surface area contributed by atoms with Gasteiger partial charge in [-0.1, -0.05) is 52.5 Å². The Bertz CT molecular complexity index is 766. The van der Waals surface area contributed by atoms with Crippen molar-refractivity contribution in [2.45, 2.75) is 29.0 Å². The number of aromatic nitrogens is 1. The van der Waals surface area contributed by atoms with Gasteiger partial charge >= 0.3 is 0 Å². The highest BCUT2D eigenvalue weighted by molar-refractivity contribution is 7.93. The molecule has 1 heterocycles. The van der Waals surface area contributed by atoms with Gasteiger partial charge in [0.2, 0.25) is 0 Å². The van der Waals surface area contributed by atoms with Gasteiger partial charge in [0.15, 0.2) is 8.92 Å². The summed E-state index contributed by atoms with van der Waals surface area (Å²) in [5.74, 6) is 0. The van der Waals surface area contributed by atoms with Crippen molar-refractivity contribution in [3.05, 3.63) is 40.4 Å². The summed E-state index contributed by atoms with van der Waals surface area (Å²) in [6, 6.07) is 6.55. The van der Waals surface area contributed by atoms with E-state index in [-0.39, 0.29) is 16.4 Å². The molecule has 0 spiro atoms. The number of alkyl halides is 3. The van der Waals surface area contributed by atoms with Gasteiger partial charge in [0.1, 0.15) is 0 Å². The zero-order valence-electron chi connectivity index (χ0n) is 11.7. The van der Waals surface area contributed by atoms with Crippen molar-refractivity contribution in [3.8, 4) is 0 Å². The number of sulfonamides is 1. The fraction of sp³-hybridized carbons (Fsp3) is 0.308. The SMILES string of the molecule is Cc1ccc(S(=O)(=O)Nc2nc(C)c(CC(Cl)(Cl)Cl)s2)cc1. The van der Waals surface area contributed by atoms with Gasteiger partial charge in [0.05, 0.1) is 10.6 Å². The van der Waals surface area contributed by atoms with Crippen LogP contribution in [0.5, 0.6) is 0 Å². The number of benzene rings is 1. The predicted octanol–water partition coefficient (Wildman–Crippen LogP) is 4.47. The highest BCUT2D eigenvalue weighted by atomic mass is 35.6. The second kappa shape index (κ2) is 6.53. The fourth-order valence-corrected chi connectivity index (χ4v) is 4.63. The van der Waals surface area contributed by atoms with Gasteiger partial charge in [0.25, 0.3) is 10.0 Å².